The monoisotopic (exact) mass is 376 g/mol. The van der Waals surface area contributed by atoms with Crippen LogP contribution in [0.4, 0.5) is 0 Å². The van der Waals surface area contributed by atoms with E-state index in [1.165, 1.54) is 38.6 Å². The predicted octanol–water partition coefficient (Wildman–Crippen LogP) is 6.26. The molecule has 0 spiro atoms. The van der Waals surface area contributed by atoms with Crippen LogP contribution < -0.4 is 5.32 Å². The van der Waals surface area contributed by atoms with Crippen LogP contribution in [0.5, 0.6) is 0 Å². The van der Waals surface area contributed by atoms with Crippen molar-refractivity contribution in [1.82, 2.24) is 5.32 Å². The smallest absolute Gasteiger partial charge is 0.125 e. The molecule has 2 heteroatoms. The van der Waals surface area contributed by atoms with Gasteiger partial charge in [-0.15, -0.1) is 0 Å². The van der Waals surface area contributed by atoms with Gasteiger partial charge in [0.1, 0.15) is 5.84 Å². The topological polar surface area (TPSA) is 35.9 Å². The zero-order valence-corrected chi connectivity index (χ0v) is 16.8. The summed E-state index contributed by atoms with van der Waals surface area (Å²) in [7, 11) is 0. The van der Waals surface area contributed by atoms with E-state index in [0.717, 1.165) is 5.56 Å². The van der Waals surface area contributed by atoms with Crippen molar-refractivity contribution in [2.24, 2.45) is 0 Å². The fourth-order valence-corrected chi connectivity index (χ4v) is 4.50. The summed E-state index contributed by atoms with van der Waals surface area (Å²) in [4.78, 5) is 0. The van der Waals surface area contributed by atoms with Gasteiger partial charge in [0.05, 0.1) is 0 Å². The number of fused-ring (bicyclic) bond motifs is 4. The average Bonchev–Trinajstić information content (AvgIpc) is 2.99. The van der Waals surface area contributed by atoms with Gasteiger partial charge < -0.3 is 5.32 Å². The highest BCUT2D eigenvalue weighted by Crippen LogP contribution is 2.48. The van der Waals surface area contributed by atoms with Gasteiger partial charge >= 0.3 is 0 Å². The van der Waals surface area contributed by atoms with E-state index in [-0.39, 0.29) is 5.41 Å². The molecule has 2 N–H and O–H groups in total. The Morgan fingerprint density at radius 2 is 1.48 bits per heavy atom. The first kappa shape index (κ1) is 17.7. The van der Waals surface area contributed by atoms with E-state index in [0.29, 0.717) is 12.4 Å². The molecule has 4 aromatic carbocycles. The molecular formula is C27H24N2. The highest BCUT2D eigenvalue weighted by atomic mass is 14.9. The Morgan fingerprint density at radius 3 is 2.34 bits per heavy atom. The van der Waals surface area contributed by atoms with Gasteiger partial charge in [-0.05, 0) is 50.7 Å². The highest BCUT2D eigenvalue weighted by molar-refractivity contribution is 5.98. The molecule has 1 aliphatic rings. The van der Waals surface area contributed by atoms with Crippen LogP contribution in [0.1, 0.15) is 36.1 Å². The molecule has 0 saturated carbocycles. The van der Waals surface area contributed by atoms with Gasteiger partial charge in [-0.25, -0.2) is 0 Å². The maximum absolute atomic E-state index is 8.58. The predicted molar refractivity (Wildman–Crippen MR) is 122 cm³/mol. The van der Waals surface area contributed by atoms with Gasteiger partial charge in [-0.2, -0.15) is 0 Å². The van der Waals surface area contributed by atoms with Crippen LogP contribution in [-0.4, -0.2) is 5.84 Å². The van der Waals surface area contributed by atoms with Crippen molar-refractivity contribution in [2.75, 3.05) is 0 Å². The molecule has 2 nitrogen and oxygen atoms in total. The SMILES string of the molecule is CC1(C)c2ccccc2-c2ccc(C(=N)NCc3ccc4ccccc4c3)cc21. The average molecular weight is 377 g/mol. The standard InChI is InChI=1S/C27H24N2/c1-27(2)24-10-6-5-9-22(24)23-14-13-21(16-25(23)27)26(28)29-17-18-11-12-19-7-3-4-8-20(19)15-18/h3-16H,17H2,1-2H3,(H2,28,29). The minimum absolute atomic E-state index is 0.0411. The van der Waals surface area contributed by atoms with Crippen LogP contribution in [0, 0.1) is 5.41 Å². The van der Waals surface area contributed by atoms with Crippen LogP contribution in [0.2, 0.25) is 0 Å². The zero-order valence-electron chi connectivity index (χ0n) is 16.8. The maximum atomic E-state index is 8.58. The van der Waals surface area contributed by atoms with Crippen LogP contribution in [-0.2, 0) is 12.0 Å². The Bertz CT molecular complexity index is 1250. The van der Waals surface area contributed by atoms with Gasteiger partial charge in [0.15, 0.2) is 0 Å². The first-order chi connectivity index (χ1) is 14.0. The second-order valence-corrected chi connectivity index (χ2v) is 8.34. The van der Waals surface area contributed by atoms with Crippen LogP contribution in [0.25, 0.3) is 21.9 Å². The van der Waals surface area contributed by atoms with E-state index in [1.807, 2.05) is 0 Å². The highest BCUT2D eigenvalue weighted by Gasteiger charge is 2.35. The van der Waals surface area contributed by atoms with E-state index >= 15 is 0 Å². The van der Waals surface area contributed by atoms with E-state index in [2.05, 4.69) is 104 Å². The Hall–Kier alpha value is -3.39. The summed E-state index contributed by atoms with van der Waals surface area (Å²) in [6.45, 7) is 5.19. The molecular weight excluding hydrogens is 352 g/mol. The number of rotatable bonds is 3. The van der Waals surface area contributed by atoms with E-state index in [1.54, 1.807) is 0 Å². The number of benzene rings is 4. The zero-order chi connectivity index (χ0) is 20.0. The van der Waals surface area contributed by atoms with Crippen molar-refractivity contribution in [3.05, 3.63) is 107 Å². The summed E-state index contributed by atoms with van der Waals surface area (Å²) in [6.07, 6.45) is 0. The quantitative estimate of drug-likeness (QED) is 0.321. The fraction of sp³-hybridized carbons (Fsp3) is 0.148. The molecule has 0 fully saturated rings. The summed E-state index contributed by atoms with van der Waals surface area (Å²) in [5.74, 6) is 0.465. The number of hydrogen-bond acceptors (Lipinski definition) is 1. The molecule has 0 saturated heterocycles. The summed E-state index contributed by atoms with van der Waals surface area (Å²) in [5.41, 5.74) is 7.34. The Balaban J connectivity index is 1.39. The minimum atomic E-state index is -0.0411. The molecule has 142 valence electrons. The molecule has 0 aromatic heterocycles. The van der Waals surface area contributed by atoms with Crippen molar-refractivity contribution in [3.63, 3.8) is 0 Å². The minimum Gasteiger partial charge on any atom is -0.366 e. The molecule has 5 rings (SSSR count). The lowest BCUT2D eigenvalue weighted by Gasteiger charge is -2.22. The molecule has 1 aliphatic carbocycles. The van der Waals surface area contributed by atoms with Crippen LogP contribution >= 0.6 is 0 Å². The molecule has 0 bridgehead atoms. The summed E-state index contributed by atoms with van der Waals surface area (Å²) >= 11 is 0. The molecule has 4 aromatic rings. The number of amidine groups is 1. The molecule has 0 atom stereocenters. The summed E-state index contributed by atoms with van der Waals surface area (Å²) < 4.78 is 0. The van der Waals surface area contributed by atoms with Gasteiger partial charge in [-0.3, -0.25) is 5.41 Å². The largest absolute Gasteiger partial charge is 0.366 e. The fourth-order valence-electron chi connectivity index (χ4n) is 4.50. The van der Waals surface area contributed by atoms with Gasteiger partial charge in [0.25, 0.3) is 0 Å². The number of hydrogen-bond donors (Lipinski definition) is 2. The van der Waals surface area contributed by atoms with Crippen molar-refractivity contribution in [1.29, 1.82) is 5.41 Å². The lowest BCUT2D eigenvalue weighted by Crippen LogP contribution is -2.23. The number of nitrogens with one attached hydrogen (secondary N) is 2. The third-order valence-electron chi connectivity index (χ3n) is 6.16. The Kier molecular flexibility index (Phi) is 4.02. The summed E-state index contributed by atoms with van der Waals surface area (Å²) in [6, 6.07) is 29.9. The Morgan fingerprint density at radius 1 is 0.759 bits per heavy atom. The Labute approximate surface area is 171 Å². The normalized spacial score (nSPS) is 13.7. The van der Waals surface area contributed by atoms with E-state index < -0.39 is 0 Å². The second-order valence-electron chi connectivity index (χ2n) is 8.34. The summed E-state index contributed by atoms with van der Waals surface area (Å²) in [5, 5.41) is 14.4. The molecule has 0 unspecified atom stereocenters. The maximum Gasteiger partial charge on any atom is 0.125 e. The van der Waals surface area contributed by atoms with Crippen LogP contribution in [0.15, 0.2) is 84.9 Å². The molecule has 0 radical (unpaired) electrons. The third-order valence-corrected chi connectivity index (χ3v) is 6.16. The lowest BCUT2D eigenvalue weighted by atomic mass is 9.82. The first-order valence-electron chi connectivity index (χ1n) is 10.1. The van der Waals surface area contributed by atoms with Crippen molar-refractivity contribution >= 4 is 16.6 Å². The molecule has 0 aliphatic heterocycles. The molecule has 0 heterocycles. The second kappa shape index (κ2) is 6.59. The van der Waals surface area contributed by atoms with Gasteiger partial charge in [0.2, 0.25) is 0 Å². The molecule has 0 amide bonds. The first-order valence-corrected chi connectivity index (χ1v) is 10.1. The van der Waals surface area contributed by atoms with Gasteiger partial charge in [0, 0.05) is 17.5 Å². The van der Waals surface area contributed by atoms with E-state index in [9.17, 15) is 0 Å². The molecule has 29 heavy (non-hydrogen) atoms. The van der Waals surface area contributed by atoms with Crippen molar-refractivity contribution in [2.45, 2.75) is 25.8 Å². The van der Waals surface area contributed by atoms with Gasteiger partial charge in [-0.1, -0.05) is 86.6 Å². The van der Waals surface area contributed by atoms with Crippen LogP contribution in [0.3, 0.4) is 0 Å². The van der Waals surface area contributed by atoms with Crippen molar-refractivity contribution < 1.29 is 0 Å². The third kappa shape index (κ3) is 2.92. The lowest BCUT2D eigenvalue weighted by molar-refractivity contribution is 0.660. The van der Waals surface area contributed by atoms with Crippen molar-refractivity contribution in [3.8, 4) is 11.1 Å². The van der Waals surface area contributed by atoms with E-state index in [4.69, 9.17) is 5.41 Å².